The zero-order chi connectivity index (χ0) is 14.7. The Balaban J connectivity index is 2.43. The minimum absolute atomic E-state index is 0.264. The molecule has 0 amide bonds. The van der Waals surface area contributed by atoms with E-state index in [-0.39, 0.29) is 10.8 Å². The van der Waals surface area contributed by atoms with E-state index >= 15 is 0 Å². The van der Waals surface area contributed by atoms with Crippen LogP contribution in [0.1, 0.15) is 18.9 Å². The van der Waals surface area contributed by atoms with Crippen LogP contribution < -0.4 is 5.32 Å². The molecule has 3 nitrogen and oxygen atoms in total. The van der Waals surface area contributed by atoms with Crippen molar-refractivity contribution in [2.24, 2.45) is 0 Å². The van der Waals surface area contributed by atoms with Gasteiger partial charge in [-0.2, -0.15) is 0 Å². The van der Waals surface area contributed by atoms with Gasteiger partial charge in [-0.3, -0.25) is 0 Å². The molecular weight excluding hydrogens is 352 g/mol. The van der Waals surface area contributed by atoms with E-state index in [9.17, 15) is 8.78 Å². The predicted octanol–water partition coefficient (Wildman–Crippen LogP) is 4.87. The lowest BCUT2D eigenvalue weighted by atomic mass is 10.2. The zero-order valence-corrected chi connectivity index (χ0v) is 12.9. The summed E-state index contributed by atoms with van der Waals surface area (Å²) in [5.41, 5.74) is 0.374. The van der Waals surface area contributed by atoms with Gasteiger partial charge in [0.15, 0.2) is 11.6 Å². The molecule has 0 fully saturated rings. The lowest BCUT2D eigenvalue weighted by Crippen LogP contribution is -2.04. The van der Waals surface area contributed by atoms with Crippen molar-refractivity contribution in [3.8, 4) is 0 Å². The van der Waals surface area contributed by atoms with E-state index in [1.807, 2.05) is 6.92 Å². The molecule has 0 unspecified atom stereocenters. The molecule has 0 spiro atoms. The molecule has 0 radical (unpaired) electrons. The van der Waals surface area contributed by atoms with Gasteiger partial charge in [0.25, 0.3) is 0 Å². The number of anilines is 2. The minimum Gasteiger partial charge on any atom is -0.335 e. The first-order valence-corrected chi connectivity index (χ1v) is 7.11. The lowest BCUT2D eigenvalue weighted by molar-refractivity contribution is 0.589. The molecule has 106 valence electrons. The SMILES string of the molecule is CCCc1c(Cl)ncnc1Nc1c(F)cc(Br)cc1F. The summed E-state index contributed by atoms with van der Waals surface area (Å²) in [6.45, 7) is 1.97. The molecule has 20 heavy (non-hydrogen) atoms. The Morgan fingerprint density at radius 2 is 1.90 bits per heavy atom. The number of nitrogens with one attached hydrogen (secondary N) is 1. The van der Waals surface area contributed by atoms with Gasteiger partial charge in [0.05, 0.1) is 0 Å². The summed E-state index contributed by atoms with van der Waals surface area (Å²) in [6, 6.07) is 2.35. The predicted molar refractivity (Wildman–Crippen MR) is 78.4 cm³/mol. The van der Waals surface area contributed by atoms with E-state index in [4.69, 9.17) is 11.6 Å². The average Bonchev–Trinajstić information content (AvgIpc) is 2.37. The maximum Gasteiger partial charge on any atom is 0.150 e. The molecule has 0 aliphatic rings. The van der Waals surface area contributed by atoms with Crippen LogP contribution in [0.4, 0.5) is 20.3 Å². The van der Waals surface area contributed by atoms with E-state index in [0.717, 1.165) is 6.42 Å². The van der Waals surface area contributed by atoms with E-state index in [1.54, 1.807) is 0 Å². The van der Waals surface area contributed by atoms with Gasteiger partial charge in [0, 0.05) is 10.0 Å². The molecule has 7 heteroatoms. The Morgan fingerprint density at radius 3 is 2.50 bits per heavy atom. The maximum absolute atomic E-state index is 13.8. The Labute approximate surface area is 128 Å². The molecule has 2 aromatic rings. The van der Waals surface area contributed by atoms with E-state index in [1.165, 1.54) is 18.5 Å². The van der Waals surface area contributed by atoms with Gasteiger partial charge in [-0.1, -0.05) is 40.9 Å². The summed E-state index contributed by atoms with van der Waals surface area (Å²) >= 11 is 9.02. The third kappa shape index (κ3) is 3.24. The third-order valence-electron chi connectivity index (χ3n) is 2.64. The van der Waals surface area contributed by atoms with Crippen LogP contribution in [-0.4, -0.2) is 9.97 Å². The third-order valence-corrected chi connectivity index (χ3v) is 3.43. The molecule has 0 aliphatic heterocycles. The maximum atomic E-state index is 13.8. The van der Waals surface area contributed by atoms with E-state index in [0.29, 0.717) is 22.3 Å². The van der Waals surface area contributed by atoms with Gasteiger partial charge in [-0.25, -0.2) is 18.7 Å². The number of hydrogen-bond donors (Lipinski definition) is 1. The van der Waals surface area contributed by atoms with Gasteiger partial charge in [-0.15, -0.1) is 0 Å². The van der Waals surface area contributed by atoms with Crippen molar-refractivity contribution in [1.29, 1.82) is 0 Å². The highest BCUT2D eigenvalue weighted by molar-refractivity contribution is 9.10. The van der Waals surface area contributed by atoms with E-state index < -0.39 is 11.6 Å². The number of halogens is 4. The quantitative estimate of drug-likeness (QED) is 0.789. The zero-order valence-electron chi connectivity index (χ0n) is 10.6. The molecule has 0 saturated heterocycles. The second-order valence-corrected chi connectivity index (χ2v) is 5.38. The summed E-state index contributed by atoms with van der Waals surface area (Å²) in [6.07, 6.45) is 2.67. The lowest BCUT2D eigenvalue weighted by Gasteiger charge is -2.12. The fourth-order valence-electron chi connectivity index (χ4n) is 1.75. The van der Waals surface area contributed by atoms with Crippen molar-refractivity contribution in [3.05, 3.63) is 45.3 Å². The van der Waals surface area contributed by atoms with E-state index in [2.05, 4.69) is 31.2 Å². The van der Waals surface area contributed by atoms with Crippen molar-refractivity contribution in [3.63, 3.8) is 0 Å². The van der Waals surface area contributed by atoms with Gasteiger partial charge in [0.1, 0.15) is 23.0 Å². The number of benzene rings is 1. The van der Waals surface area contributed by atoms with Crippen molar-refractivity contribution in [2.75, 3.05) is 5.32 Å². The molecule has 1 aromatic heterocycles. The molecule has 1 N–H and O–H groups in total. The van der Waals surface area contributed by atoms with Crippen LogP contribution in [0.5, 0.6) is 0 Å². The molecule has 0 aliphatic carbocycles. The van der Waals surface area contributed by atoms with Crippen LogP contribution in [0.2, 0.25) is 5.15 Å². The van der Waals surface area contributed by atoms with Gasteiger partial charge in [0.2, 0.25) is 0 Å². The topological polar surface area (TPSA) is 37.8 Å². The van der Waals surface area contributed by atoms with Crippen molar-refractivity contribution in [1.82, 2.24) is 9.97 Å². The first-order chi connectivity index (χ1) is 9.52. The minimum atomic E-state index is -0.714. The average molecular weight is 363 g/mol. The van der Waals surface area contributed by atoms with Crippen LogP contribution in [0, 0.1) is 11.6 Å². The second kappa shape index (κ2) is 6.45. The van der Waals surface area contributed by atoms with Crippen LogP contribution >= 0.6 is 27.5 Å². The smallest absolute Gasteiger partial charge is 0.150 e. The van der Waals surface area contributed by atoms with Crippen molar-refractivity contribution >= 4 is 39.0 Å². The van der Waals surface area contributed by atoms with Gasteiger partial charge in [-0.05, 0) is 18.6 Å². The molecule has 0 atom stereocenters. The summed E-state index contributed by atoms with van der Waals surface area (Å²) in [5, 5.41) is 2.94. The number of rotatable bonds is 4. The monoisotopic (exact) mass is 361 g/mol. The fraction of sp³-hybridized carbons (Fsp3) is 0.231. The number of nitrogens with zero attached hydrogens (tertiary/aromatic N) is 2. The largest absolute Gasteiger partial charge is 0.335 e. The molecule has 0 bridgehead atoms. The van der Waals surface area contributed by atoms with Crippen LogP contribution in [0.25, 0.3) is 0 Å². The highest BCUT2D eigenvalue weighted by Crippen LogP contribution is 2.29. The molecular formula is C13H11BrClF2N3. The highest BCUT2D eigenvalue weighted by Gasteiger charge is 2.15. The normalized spacial score (nSPS) is 10.7. The Bertz CT molecular complexity index is 614. The first kappa shape index (κ1) is 15.1. The summed E-state index contributed by atoms with van der Waals surface area (Å²) in [7, 11) is 0. The molecule has 1 aromatic carbocycles. The summed E-state index contributed by atoms with van der Waals surface area (Å²) < 4.78 is 27.9. The molecule has 0 saturated carbocycles. The Hall–Kier alpha value is -1.27. The van der Waals surface area contributed by atoms with Crippen LogP contribution in [-0.2, 0) is 6.42 Å². The standard InChI is InChI=1S/C13H11BrClF2N3/c1-2-3-8-12(15)18-6-19-13(8)20-11-9(16)4-7(14)5-10(11)17/h4-6H,2-3H2,1H3,(H,18,19,20). The van der Waals surface area contributed by atoms with Crippen molar-refractivity contribution in [2.45, 2.75) is 19.8 Å². The Kier molecular flexibility index (Phi) is 4.88. The highest BCUT2D eigenvalue weighted by atomic mass is 79.9. The second-order valence-electron chi connectivity index (χ2n) is 4.11. The summed E-state index contributed by atoms with van der Waals surface area (Å²) in [5.74, 6) is -1.12. The number of hydrogen-bond acceptors (Lipinski definition) is 3. The van der Waals surface area contributed by atoms with Crippen molar-refractivity contribution < 1.29 is 8.78 Å². The first-order valence-electron chi connectivity index (χ1n) is 5.93. The van der Waals surface area contributed by atoms with Crippen LogP contribution in [0.15, 0.2) is 22.9 Å². The fourth-order valence-corrected chi connectivity index (χ4v) is 2.38. The van der Waals surface area contributed by atoms with Crippen LogP contribution in [0.3, 0.4) is 0 Å². The van der Waals surface area contributed by atoms with Gasteiger partial charge < -0.3 is 5.32 Å². The molecule has 1 heterocycles. The Morgan fingerprint density at radius 1 is 1.25 bits per heavy atom. The summed E-state index contributed by atoms with van der Waals surface area (Å²) in [4.78, 5) is 7.88. The molecule has 2 rings (SSSR count). The number of aromatic nitrogens is 2. The van der Waals surface area contributed by atoms with Gasteiger partial charge >= 0.3 is 0 Å².